The lowest BCUT2D eigenvalue weighted by molar-refractivity contribution is -0.384. The highest BCUT2D eigenvalue weighted by Gasteiger charge is 2.09. The summed E-state index contributed by atoms with van der Waals surface area (Å²) in [6.07, 6.45) is 1.23. The molecule has 0 aromatic heterocycles. The van der Waals surface area contributed by atoms with E-state index in [1.807, 2.05) is 30.3 Å². The van der Waals surface area contributed by atoms with Crippen molar-refractivity contribution in [1.82, 2.24) is 5.32 Å². The van der Waals surface area contributed by atoms with Crippen molar-refractivity contribution < 1.29 is 10.0 Å². The SMILES string of the molecule is CC(CCc1ccc([N+](=O)[O-])cc1)NC[C@H](O)c1ccccc1.Cl. The zero-order valence-electron chi connectivity index (χ0n) is 13.6. The van der Waals surface area contributed by atoms with E-state index < -0.39 is 6.10 Å². The molecule has 0 saturated carbocycles. The number of nitro benzene ring substituents is 1. The van der Waals surface area contributed by atoms with Gasteiger partial charge in [0.25, 0.3) is 5.69 Å². The fraction of sp³-hybridized carbons (Fsp3) is 0.333. The van der Waals surface area contributed by atoms with E-state index >= 15 is 0 Å². The summed E-state index contributed by atoms with van der Waals surface area (Å²) in [4.78, 5) is 10.2. The molecule has 0 heterocycles. The second-order valence-electron chi connectivity index (χ2n) is 5.70. The minimum Gasteiger partial charge on any atom is -0.387 e. The molecule has 130 valence electrons. The first-order valence-electron chi connectivity index (χ1n) is 7.76. The second-order valence-corrected chi connectivity index (χ2v) is 5.70. The molecule has 1 unspecified atom stereocenters. The molecule has 2 aromatic rings. The van der Waals surface area contributed by atoms with Crippen LogP contribution in [0.15, 0.2) is 54.6 Å². The maximum atomic E-state index is 10.6. The highest BCUT2D eigenvalue weighted by atomic mass is 35.5. The molecule has 0 bridgehead atoms. The summed E-state index contributed by atoms with van der Waals surface area (Å²) < 4.78 is 0. The molecule has 0 radical (unpaired) electrons. The zero-order valence-corrected chi connectivity index (χ0v) is 14.4. The molecular weight excluding hydrogens is 328 g/mol. The third-order valence-electron chi connectivity index (χ3n) is 3.86. The average molecular weight is 351 g/mol. The van der Waals surface area contributed by atoms with Crippen molar-refractivity contribution in [2.24, 2.45) is 0 Å². The van der Waals surface area contributed by atoms with Crippen LogP contribution >= 0.6 is 12.4 Å². The molecule has 5 nitrogen and oxygen atoms in total. The smallest absolute Gasteiger partial charge is 0.269 e. The first kappa shape index (κ1) is 20.1. The highest BCUT2D eigenvalue weighted by Crippen LogP contribution is 2.14. The van der Waals surface area contributed by atoms with Gasteiger partial charge < -0.3 is 10.4 Å². The molecule has 6 heteroatoms. The molecule has 2 rings (SSSR count). The second kappa shape index (κ2) is 10.0. The number of halogens is 1. The number of nitro groups is 1. The van der Waals surface area contributed by atoms with Crippen LogP contribution in [0.5, 0.6) is 0 Å². The van der Waals surface area contributed by atoms with Crippen LogP contribution in [0.1, 0.15) is 30.6 Å². The van der Waals surface area contributed by atoms with Crippen LogP contribution in [0, 0.1) is 10.1 Å². The van der Waals surface area contributed by atoms with Crippen LogP contribution in [0.25, 0.3) is 0 Å². The van der Waals surface area contributed by atoms with Gasteiger partial charge in [0.1, 0.15) is 0 Å². The largest absolute Gasteiger partial charge is 0.387 e. The first-order valence-corrected chi connectivity index (χ1v) is 7.76. The lowest BCUT2D eigenvalue weighted by Gasteiger charge is -2.17. The Kier molecular flexibility index (Phi) is 8.40. The van der Waals surface area contributed by atoms with Crippen LogP contribution in [0.4, 0.5) is 5.69 Å². The number of hydrogen-bond acceptors (Lipinski definition) is 4. The number of aryl methyl sites for hydroxylation is 1. The lowest BCUT2D eigenvalue weighted by Crippen LogP contribution is -2.30. The Labute approximate surface area is 148 Å². The zero-order chi connectivity index (χ0) is 16.7. The fourth-order valence-corrected chi connectivity index (χ4v) is 2.38. The molecule has 0 aliphatic rings. The van der Waals surface area contributed by atoms with E-state index in [4.69, 9.17) is 0 Å². The minimum atomic E-state index is -0.516. The van der Waals surface area contributed by atoms with Crippen molar-refractivity contribution in [3.63, 3.8) is 0 Å². The Balaban J connectivity index is 0.00000288. The number of rotatable bonds is 8. The van der Waals surface area contributed by atoms with Crippen LogP contribution in [-0.2, 0) is 6.42 Å². The van der Waals surface area contributed by atoms with Crippen LogP contribution in [-0.4, -0.2) is 22.6 Å². The lowest BCUT2D eigenvalue weighted by atomic mass is 10.0. The third-order valence-corrected chi connectivity index (χ3v) is 3.86. The fourth-order valence-electron chi connectivity index (χ4n) is 2.38. The Morgan fingerprint density at radius 1 is 1.12 bits per heavy atom. The van der Waals surface area contributed by atoms with Gasteiger partial charge in [-0.3, -0.25) is 10.1 Å². The Bertz CT molecular complexity index is 620. The summed E-state index contributed by atoms with van der Waals surface area (Å²) in [5.74, 6) is 0. The number of nitrogens with one attached hydrogen (secondary N) is 1. The topological polar surface area (TPSA) is 75.4 Å². The van der Waals surface area contributed by atoms with Gasteiger partial charge in [-0.25, -0.2) is 0 Å². The Morgan fingerprint density at radius 3 is 2.33 bits per heavy atom. The van der Waals surface area contributed by atoms with Gasteiger partial charge in [0.05, 0.1) is 11.0 Å². The van der Waals surface area contributed by atoms with Gasteiger partial charge in [0.2, 0.25) is 0 Å². The molecule has 0 spiro atoms. The van der Waals surface area contributed by atoms with E-state index in [9.17, 15) is 15.2 Å². The standard InChI is InChI=1S/C18H22N2O3.ClH/c1-14(19-13-18(21)16-5-3-2-4-6-16)7-8-15-9-11-17(12-10-15)20(22)23;/h2-6,9-12,14,18-19,21H,7-8,13H2,1H3;1H/t14?,18-;/m0./s1. The van der Waals surface area contributed by atoms with Gasteiger partial charge in [-0.2, -0.15) is 0 Å². The van der Waals surface area contributed by atoms with Crippen molar-refractivity contribution in [2.45, 2.75) is 31.9 Å². The molecule has 0 amide bonds. The summed E-state index contributed by atoms with van der Waals surface area (Å²) >= 11 is 0. The van der Waals surface area contributed by atoms with Gasteiger partial charge in [0.15, 0.2) is 0 Å². The summed E-state index contributed by atoms with van der Waals surface area (Å²) in [7, 11) is 0. The monoisotopic (exact) mass is 350 g/mol. The number of hydrogen-bond donors (Lipinski definition) is 2. The van der Waals surface area contributed by atoms with Crippen molar-refractivity contribution in [3.05, 3.63) is 75.8 Å². The van der Waals surface area contributed by atoms with Crippen molar-refractivity contribution >= 4 is 18.1 Å². The molecule has 2 N–H and O–H groups in total. The van der Waals surface area contributed by atoms with Gasteiger partial charge >= 0.3 is 0 Å². The van der Waals surface area contributed by atoms with Gasteiger partial charge in [-0.15, -0.1) is 12.4 Å². The molecule has 0 saturated heterocycles. The molecule has 0 aliphatic carbocycles. The third kappa shape index (κ3) is 6.28. The van der Waals surface area contributed by atoms with Crippen molar-refractivity contribution in [2.75, 3.05) is 6.54 Å². The predicted octanol–water partition coefficient (Wildman–Crippen LogP) is 3.66. The number of non-ortho nitro benzene ring substituents is 1. The van der Waals surface area contributed by atoms with Crippen molar-refractivity contribution in [3.8, 4) is 0 Å². The molecule has 0 aliphatic heterocycles. The minimum absolute atomic E-state index is 0. The quantitative estimate of drug-likeness (QED) is 0.562. The van der Waals surface area contributed by atoms with E-state index in [2.05, 4.69) is 12.2 Å². The van der Waals surface area contributed by atoms with Crippen LogP contribution < -0.4 is 5.32 Å². The summed E-state index contributed by atoms with van der Waals surface area (Å²) in [5, 5.41) is 24.0. The average Bonchev–Trinajstić information content (AvgIpc) is 2.59. The molecule has 0 fully saturated rings. The van der Waals surface area contributed by atoms with E-state index in [1.54, 1.807) is 12.1 Å². The maximum Gasteiger partial charge on any atom is 0.269 e. The van der Waals surface area contributed by atoms with E-state index in [-0.39, 0.29) is 29.1 Å². The number of benzene rings is 2. The van der Waals surface area contributed by atoms with Gasteiger partial charge in [0, 0.05) is 24.7 Å². The molecular formula is C18H23ClN2O3. The normalized spacial score (nSPS) is 12.9. The Morgan fingerprint density at radius 2 is 1.75 bits per heavy atom. The predicted molar refractivity (Wildman–Crippen MR) is 97.5 cm³/mol. The van der Waals surface area contributed by atoms with Gasteiger partial charge in [-0.05, 0) is 30.9 Å². The van der Waals surface area contributed by atoms with Gasteiger partial charge in [-0.1, -0.05) is 42.5 Å². The number of aliphatic hydroxyl groups excluding tert-OH is 1. The van der Waals surface area contributed by atoms with E-state index in [0.717, 1.165) is 24.0 Å². The summed E-state index contributed by atoms with van der Waals surface area (Å²) in [6, 6.07) is 16.5. The molecule has 24 heavy (non-hydrogen) atoms. The summed E-state index contributed by atoms with van der Waals surface area (Å²) in [5.41, 5.74) is 2.10. The van der Waals surface area contributed by atoms with Crippen molar-refractivity contribution in [1.29, 1.82) is 0 Å². The summed E-state index contributed by atoms with van der Waals surface area (Å²) in [6.45, 7) is 2.58. The Hall–Kier alpha value is -1.95. The maximum absolute atomic E-state index is 10.6. The van der Waals surface area contributed by atoms with Crippen LogP contribution in [0.3, 0.4) is 0 Å². The first-order chi connectivity index (χ1) is 11.1. The van der Waals surface area contributed by atoms with Crippen LogP contribution in [0.2, 0.25) is 0 Å². The van der Waals surface area contributed by atoms with E-state index in [0.29, 0.717) is 6.54 Å². The molecule has 2 atom stereocenters. The highest BCUT2D eigenvalue weighted by molar-refractivity contribution is 5.85. The van der Waals surface area contributed by atoms with E-state index in [1.165, 1.54) is 12.1 Å². The molecule has 2 aromatic carbocycles. The number of aliphatic hydroxyl groups is 1. The number of nitrogens with zero attached hydrogens (tertiary/aromatic N) is 1.